The Morgan fingerprint density at radius 3 is 2.76 bits per heavy atom. The number of benzene rings is 1. The first-order valence-corrected chi connectivity index (χ1v) is 7.82. The summed E-state index contributed by atoms with van der Waals surface area (Å²) in [5.41, 5.74) is 1.12. The highest BCUT2D eigenvalue weighted by molar-refractivity contribution is 5.78. The zero-order valence-electron chi connectivity index (χ0n) is 13.1. The van der Waals surface area contributed by atoms with Crippen molar-refractivity contribution in [3.8, 4) is 5.75 Å². The average molecular weight is 290 g/mol. The molecule has 0 atom stereocenters. The Morgan fingerprint density at radius 1 is 1.33 bits per heavy atom. The molecule has 0 unspecified atom stereocenters. The van der Waals surface area contributed by atoms with Crippen LogP contribution < -0.4 is 10.1 Å². The van der Waals surface area contributed by atoms with Crippen LogP contribution in [0.2, 0.25) is 0 Å². The molecule has 0 heterocycles. The molecule has 0 aliphatic heterocycles. The maximum absolute atomic E-state index is 12.0. The van der Waals surface area contributed by atoms with Gasteiger partial charge in [0.1, 0.15) is 12.4 Å². The standard InChI is InChI=1S/C17H26N2O2/c1-14-7-3-6-10-16(14)21-12-11-19(2)17(20)13-18-15-8-4-5-9-15/h3,6-7,10,15,18H,4-5,8-9,11-13H2,1-2H3. The minimum atomic E-state index is 0.135. The molecule has 0 bridgehead atoms. The highest BCUT2D eigenvalue weighted by atomic mass is 16.5. The lowest BCUT2D eigenvalue weighted by molar-refractivity contribution is -0.129. The summed E-state index contributed by atoms with van der Waals surface area (Å²) in [5.74, 6) is 1.03. The molecular weight excluding hydrogens is 264 g/mol. The summed E-state index contributed by atoms with van der Waals surface area (Å²) in [6.07, 6.45) is 4.97. The van der Waals surface area contributed by atoms with E-state index in [1.807, 2.05) is 38.2 Å². The van der Waals surface area contributed by atoms with Crippen LogP contribution in [-0.4, -0.2) is 43.6 Å². The van der Waals surface area contributed by atoms with Gasteiger partial charge in [0.05, 0.1) is 13.1 Å². The Morgan fingerprint density at radius 2 is 2.05 bits per heavy atom. The number of rotatable bonds is 7. The number of hydrogen-bond donors (Lipinski definition) is 1. The first-order chi connectivity index (χ1) is 10.2. The summed E-state index contributed by atoms with van der Waals surface area (Å²) in [7, 11) is 1.83. The maximum atomic E-state index is 12.0. The van der Waals surface area contributed by atoms with E-state index >= 15 is 0 Å². The number of ether oxygens (including phenoxy) is 1. The lowest BCUT2D eigenvalue weighted by Crippen LogP contribution is -2.40. The number of carbonyl (C=O) groups is 1. The molecule has 4 nitrogen and oxygen atoms in total. The normalized spacial score (nSPS) is 15.1. The van der Waals surface area contributed by atoms with Crippen molar-refractivity contribution < 1.29 is 9.53 Å². The van der Waals surface area contributed by atoms with E-state index in [4.69, 9.17) is 4.74 Å². The summed E-state index contributed by atoms with van der Waals surface area (Å²) < 4.78 is 5.72. The van der Waals surface area contributed by atoms with Gasteiger partial charge >= 0.3 is 0 Å². The predicted octanol–water partition coefficient (Wildman–Crippen LogP) is 2.36. The molecule has 1 saturated carbocycles. The molecule has 1 fully saturated rings. The van der Waals surface area contributed by atoms with Crippen LogP contribution in [0.5, 0.6) is 5.75 Å². The van der Waals surface area contributed by atoms with Crippen molar-refractivity contribution in [1.29, 1.82) is 0 Å². The van der Waals surface area contributed by atoms with Crippen molar-refractivity contribution in [3.05, 3.63) is 29.8 Å². The second kappa shape index (κ2) is 8.03. The van der Waals surface area contributed by atoms with E-state index in [2.05, 4.69) is 5.32 Å². The van der Waals surface area contributed by atoms with Gasteiger partial charge in [0, 0.05) is 13.1 Å². The molecule has 1 amide bonds. The fraction of sp³-hybridized carbons (Fsp3) is 0.588. The van der Waals surface area contributed by atoms with Crippen LogP contribution >= 0.6 is 0 Å². The third-order valence-corrected chi connectivity index (χ3v) is 4.10. The van der Waals surface area contributed by atoms with Crippen molar-refractivity contribution >= 4 is 5.91 Å². The first-order valence-electron chi connectivity index (χ1n) is 7.82. The summed E-state index contributed by atoms with van der Waals surface area (Å²) in [4.78, 5) is 13.8. The number of amides is 1. The van der Waals surface area contributed by atoms with Crippen molar-refractivity contribution in [2.45, 2.75) is 38.6 Å². The molecule has 116 valence electrons. The monoisotopic (exact) mass is 290 g/mol. The van der Waals surface area contributed by atoms with Gasteiger partial charge in [-0.05, 0) is 31.4 Å². The van der Waals surface area contributed by atoms with Gasteiger partial charge in [0.15, 0.2) is 0 Å². The van der Waals surface area contributed by atoms with E-state index in [0.717, 1.165) is 11.3 Å². The van der Waals surface area contributed by atoms with E-state index in [1.54, 1.807) is 4.90 Å². The molecule has 1 aromatic rings. The quantitative estimate of drug-likeness (QED) is 0.838. The molecule has 4 heteroatoms. The third-order valence-electron chi connectivity index (χ3n) is 4.10. The fourth-order valence-electron chi connectivity index (χ4n) is 2.63. The fourth-order valence-corrected chi connectivity index (χ4v) is 2.63. The maximum Gasteiger partial charge on any atom is 0.236 e. The topological polar surface area (TPSA) is 41.6 Å². The van der Waals surface area contributed by atoms with E-state index in [1.165, 1.54) is 25.7 Å². The lowest BCUT2D eigenvalue weighted by atomic mass is 10.2. The Kier molecular flexibility index (Phi) is 6.05. The summed E-state index contributed by atoms with van der Waals surface area (Å²) in [6, 6.07) is 8.47. The predicted molar refractivity (Wildman–Crippen MR) is 84.6 cm³/mol. The van der Waals surface area contributed by atoms with E-state index < -0.39 is 0 Å². The molecule has 1 aliphatic carbocycles. The smallest absolute Gasteiger partial charge is 0.236 e. The number of nitrogens with one attached hydrogen (secondary N) is 1. The van der Waals surface area contributed by atoms with Crippen molar-refractivity contribution in [2.75, 3.05) is 26.7 Å². The summed E-state index contributed by atoms with van der Waals surface area (Å²) >= 11 is 0. The van der Waals surface area contributed by atoms with Gasteiger partial charge in [-0.1, -0.05) is 31.0 Å². The highest BCUT2D eigenvalue weighted by Crippen LogP contribution is 2.17. The minimum Gasteiger partial charge on any atom is -0.491 e. The lowest BCUT2D eigenvalue weighted by Gasteiger charge is -2.19. The van der Waals surface area contributed by atoms with Crippen LogP contribution in [0, 0.1) is 6.92 Å². The molecule has 1 aliphatic rings. The van der Waals surface area contributed by atoms with Crippen LogP contribution in [0.1, 0.15) is 31.2 Å². The SMILES string of the molecule is Cc1ccccc1OCCN(C)C(=O)CNC1CCCC1. The van der Waals surface area contributed by atoms with Gasteiger partial charge < -0.3 is 15.0 Å². The van der Waals surface area contributed by atoms with Crippen LogP contribution in [-0.2, 0) is 4.79 Å². The largest absolute Gasteiger partial charge is 0.491 e. The third kappa shape index (κ3) is 5.05. The van der Waals surface area contributed by atoms with Gasteiger partial charge in [-0.3, -0.25) is 4.79 Å². The molecule has 1 aromatic carbocycles. The molecule has 0 saturated heterocycles. The van der Waals surface area contributed by atoms with Crippen LogP contribution in [0.4, 0.5) is 0 Å². The number of likely N-dealkylation sites (N-methyl/N-ethyl adjacent to an activating group) is 1. The van der Waals surface area contributed by atoms with Crippen LogP contribution in [0.3, 0.4) is 0 Å². The second-order valence-corrected chi connectivity index (χ2v) is 5.79. The van der Waals surface area contributed by atoms with Gasteiger partial charge in [-0.15, -0.1) is 0 Å². The Hall–Kier alpha value is -1.55. The summed E-state index contributed by atoms with van der Waals surface area (Å²) in [6.45, 7) is 3.59. The number of carbonyl (C=O) groups excluding carboxylic acids is 1. The second-order valence-electron chi connectivity index (χ2n) is 5.79. The zero-order valence-corrected chi connectivity index (χ0v) is 13.1. The van der Waals surface area contributed by atoms with E-state index in [-0.39, 0.29) is 5.91 Å². The average Bonchev–Trinajstić information content (AvgIpc) is 3.00. The molecule has 21 heavy (non-hydrogen) atoms. The molecule has 1 N–H and O–H groups in total. The number of hydrogen-bond acceptors (Lipinski definition) is 3. The molecule has 0 radical (unpaired) electrons. The van der Waals surface area contributed by atoms with Gasteiger partial charge in [-0.25, -0.2) is 0 Å². The van der Waals surface area contributed by atoms with E-state index in [9.17, 15) is 4.79 Å². The number of para-hydroxylation sites is 1. The Labute approximate surface area is 127 Å². The molecule has 0 aromatic heterocycles. The van der Waals surface area contributed by atoms with Crippen LogP contribution in [0.25, 0.3) is 0 Å². The molecule has 0 spiro atoms. The van der Waals surface area contributed by atoms with Crippen molar-refractivity contribution in [1.82, 2.24) is 10.2 Å². The van der Waals surface area contributed by atoms with Crippen molar-refractivity contribution in [2.24, 2.45) is 0 Å². The Bertz CT molecular complexity index is 456. The van der Waals surface area contributed by atoms with E-state index in [0.29, 0.717) is 25.7 Å². The van der Waals surface area contributed by atoms with Gasteiger partial charge in [0.25, 0.3) is 0 Å². The molecule has 2 rings (SSSR count). The highest BCUT2D eigenvalue weighted by Gasteiger charge is 2.16. The number of nitrogens with zero attached hydrogens (tertiary/aromatic N) is 1. The minimum absolute atomic E-state index is 0.135. The van der Waals surface area contributed by atoms with Crippen molar-refractivity contribution in [3.63, 3.8) is 0 Å². The summed E-state index contributed by atoms with van der Waals surface area (Å²) in [5, 5.41) is 3.35. The van der Waals surface area contributed by atoms with Gasteiger partial charge in [0.2, 0.25) is 5.91 Å². The zero-order chi connectivity index (χ0) is 15.1. The first kappa shape index (κ1) is 15.8. The molecular formula is C17H26N2O2. The Balaban J connectivity index is 1.65. The van der Waals surface area contributed by atoms with Crippen LogP contribution in [0.15, 0.2) is 24.3 Å². The van der Waals surface area contributed by atoms with Gasteiger partial charge in [-0.2, -0.15) is 0 Å². The number of aryl methyl sites for hydroxylation is 1.